The minimum atomic E-state index is -1.20. The molecule has 0 aromatic heterocycles. The molecule has 5 nitrogen and oxygen atoms in total. The van der Waals surface area contributed by atoms with Crippen LogP contribution in [0.3, 0.4) is 0 Å². The topological polar surface area (TPSA) is 65.1 Å². The van der Waals surface area contributed by atoms with Crippen LogP contribution in [0.25, 0.3) is 0 Å². The van der Waals surface area contributed by atoms with Gasteiger partial charge in [0.05, 0.1) is 6.54 Å². The van der Waals surface area contributed by atoms with Gasteiger partial charge in [-0.05, 0) is 37.3 Å². The van der Waals surface area contributed by atoms with E-state index >= 15 is 0 Å². The van der Waals surface area contributed by atoms with Crippen LogP contribution in [0.4, 0.5) is 10.1 Å². The number of nitrogens with two attached hydrogens (primary N) is 1. The molecule has 1 aliphatic heterocycles. The molecule has 3 rings (SSSR count). The third-order valence-corrected chi connectivity index (χ3v) is 5.13. The molecule has 1 aliphatic rings. The van der Waals surface area contributed by atoms with Crippen LogP contribution >= 0.6 is 35.6 Å². The number of hydrogen-bond acceptors (Lipinski definition) is 3. The molecule has 28 heavy (non-hydrogen) atoms. The molecule has 0 amide bonds. The average molecular weight is 519 g/mol. The van der Waals surface area contributed by atoms with E-state index < -0.39 is 5.60 Å². The Labute approximate surface area is 187 Å². The summed E-state index contributed by atoms with van der Waals surface area (Å²) >= 11 is 6.18. The summed E-state index contributed by atoms with van der Waals surface area (Å²) in [5, 5.41) is 11.2. The summed E-state index contributed by atoms with van der Waals surface area (Å²) in [6.45, 7) is 4.76. The van der Waals surface area contributed by atoms with Gasteiger partial charge in [-0.1, -0.05) is 29.8 Å². The predicted octanol–water partition coefficient (Wildman–Crippen LogP) is 3.44. The summed E-state index contributed by atoms with van der Waals surface area (Å²) in [6, 6.07) is 13.7. The number of halogens is 3. The van der Waals surface area contributed by atoms with Gasteiger partial charge in [-0.15, -0.1) is 24.0 Å². The van der Waals surface area contributed by atoms with E-state index in [1.165, 1.54) is 12.1 Å². The maximum atomic E-state index is 13.1. The van der Waals surface area contributed by atoms with Gasteiger partial charge in [0.15, 0.2) is 5.96 Å². The second-order valence-electron chi connectivity index (χ2n) is 6.88. The standard InChI is InChI=1S/C20H24ClFN4O.HI/c1-20(27,17-4-2-3-5-18(17)21)14-24-19(23)26-12-10-25(11-13-26)16-8-6-15(22)7-9-16;/h2-9,27H,10-14H2,1H3,(H2,23,24);1H. The van der Waals surface area contributed by atoms with Crippen LogP contribution in [0.2, 0.25) is 5.02 Å². The molecule has 0 aliphatic carbocycles. The molecule has 1 fully saturated rings. The number of hydrogen-bond donors (Lipinski definition) is 2. The fourth-order valence-corrected chi connectivity index (χ4v) is 3.50. The molecule has 2 aromatic carbocycles. The molecule has 1 atom stereocenters. The van der Waals surface area contributed by atoms with Crippen LogP contribution in [0.15, 0.2) is 53.5 Å². The lowest BCUT2D eigenvalue weighted by Crippen LogP contribution is -2.51. The van der Waals surface area contributed by atoms with Gasteiger partial charge < -0.3 is 20.6 Å². The Bertz CT molecular complexity index is 808. The second-order valence-corrected chi connectivity index (χ2v) is 7.29. The van der Waals surface area contributed by atoms with Crippen molar-refractivity contribution in [1.29, 1.82) is 0 Å². The molecular weight excluding hydrogens is 494 g/mol. The normalized spacial score (nSPS) is 17.1. The molecule has 152 valence electrons. The number of piperazine rings is 1. The second kappa shape index (κ2) is 9.76. The van der Waals surface area contributed by atoms with Crippen molar-refractivity contribution in [2.24, 2.45) is 10.7 Å². The van der Waals surface area contributed by atoms with Gasteiger partial charge in [0.25, 0.3) is 0 Å². The zero-order valence-corrected chi connectivity index (χ0v) is 18.8. The monoisotopic (exact) mass is 518 g/mol. The van der Waals surface area contributed by atoms with E-state index in [-0.39, 0.29) is 36.3 Å². The Kier molecular flexibility index (Phi) is 7.91. The van der Waals surface area contributed by atoms with Gasteiger partial charge in [0.1, 0.15) is 11.4 Å². The van der Waals surface area contributed by atoms with Crippen LogP contribution in [0.1, 0.15) is 12.5 Å². The zero-order valence-electron chi connectivity index (χ0n) is 15.7. The summed E-state index contributed by atoms with van der Waals surface area (Å²) in [6.07, 6.45) is 0. The molecule has 0 saturated carbocycles. The molecule has 0 spiro atoms. The summed E-state index contributed by atoms with van der Waals surface area (Å²) < 4.78 is 13.1. The summed E-state index contributed by atoms with van der Waals surface area (Å²) in [7, 11) is 0. The largest absolute Gasteiger partial charge is 0.383 e. The third-order valence-electron chi connectivity index (χ3n) is 4.80. The van der Waals surface area contributed by atoms with Crippen molar-refractivity contribution in [2.45, 2.75) is 12.5 Å². The highest BCUT2D eigenvalue weighted by atomic mass is 127. The fraction of sp³-hybridized carbons (Fsp3) is 0.350. The van der Waals surface area contributed by atoms with E-state index in [0.29, 0.717) is 29.6 Å². The zero-order chi connectivity index (χ0) is 19.4. The first kappa shape index (κ1) is 22.7. The van der Waals surface area contributed by atoms with Gasteiger partial charge in [-0.2, -0.15) is 0 Å². The van der Waals surface area contributed by atoms with Gasteiger partial charge >= 0.3 is 0 Å². The smallest absolute Gasteiger partial charge is 0.191 e. The maximum absolute atomic E-state index is 13.1. The number of anilines is 1. The SMILES string of the molecule is CC(O)(CN=C(N)N1CCN(c2ccc(F)cc2)CC1)c1ccccc1Cl.I. The molecule has 1 saturated heterocycles. The first-order valence-corrected chi connectivity index (χ1v) is 9.27. The Morgan fingerprint density at radius 3 is 2.36 bits per heavy atom. The van der Waals surface area contributed by atoms with E-state index in [2.05, 4.69) is 9.89 Å². The number of nitrogens with zero attached hydrogens (tertiary/aromatic N) is 3. The van der Waals surface area contributed by atoms with Crippen LogP contribution in [0, 0.1) is 5.82 Å². The molecule has 8 heteroatoms. The number of benzene rings is 2. The van der Waals surface area contributed by atoms with Crippen LogP contribution in [-0.2, 0) is 5.60 Å². The summed E-state index contributed by atoms with van der Waals surface area (Å²) in [4.78, 5) is 8.56. The Morgan fingerprint density at radius 2 is 1.75 bits per heavy atom. The number of aliphatic hydroxyl groups is 1. The van der Waals surface area contributed by atoms with E-state index in [1.807, 2.05) is 17.0 Å². The first-order valence-electron chi connectivity index (χ1n) is 8.89. The fourth-order valence-electron chi connectivity index (χ4n) is 3.16. The molecule has 2 aromatic rings. The van der Waals surface area contributed by atoms with Crippen LogP contribution < -0.4 is 10.6 Å². The van der Waals surface area contributed by atoms with Crippen molar-refractivity contribution in [2.75, 3.05) is 37.6 Å². The van der Waals surface area contributed by atoms with E-state index in [1.54, 1.807) is 31.2 Å². The highest BCUT2D eigenvalue weighted by Crippen LogP contribution is 2.28. The lowest BCUT2D eigenvalue weighted by atomic mass is 9.96. The highest BCUT2D eigenvalue weighted by Gasteiger charge is 2.26. The van der Waals surface area contributed by atoms with E-state index in [0.717, 1.165) is 18.8 Å². The van der Waals surface area contributed by atoms with Gasteiger partial charge in [0.2, 0.25) is 0 Å². The van der Waals surface area contributed by atoms with Crippen LogP contribution in [-0.4, -0.2) is 48.7 Å². The quantitative estimate of drug-likeness (QED) is 0.370. The summed E-state index contributed by atoms with van der Waals surface area (Å²) in [5.74, 6) is 0.167. The van der Waals surface area contributed by atoms with Crippen molar-refractivity contribution in [3.63, 3.8) is 0 Å². The average Bonchev–Trinajstić information content (AvgIpc) is 2.67. The predicted molar refractivity (Wildman–Crippen MR) is 123 cm³/mol. The summed E-state index contributed by atoms with van der Waals surface area (Å²) in [5.41, 5.74) is 6.57. The highest BCUT2D eigenvalue weighted by molar-refractivity contribution is 14.0. The molecular formula is C20H25ClFIN4O. The minimum absolute atomic E-state index is 0. The van der Waals surface area contributed by atoms with E-state index in [9.17, 15) is 9.50 Å². The number of rotatable bonds is 4. The Morgan fingerprint density at radius 1 is 1.14 bits per heavy atom. The number of guanidine groups is 1. The lowest BCUT2D eigenvalue weighted by Gasteiger charge is -2.36. The molecule has 3 N–H and O–H groups in total. The van der Waals surface area contributed by atoms with Gasteiger partial charge in [0, 0.05) is 42.5 Å². The molecule has 0 radical (unpaired) electrons. The van der Waals surface area contributed by atoms with Crippen molar-refractivity contribution < 1.29 is 9.50 Å². The molecule has 0 bridgehead atoms. The Hall–Kier alpha value is -1.58. The van der Waals surface area contributed by atoms with Crippen molar-refractivity contribution in [3.8, 4) is 0 Å². The van der Waals surface area contributed by atoms with Crippen molar-refractivity contribution in [1.82, 2.24) is 4.90 Å². The van der Waals surface area contributed by atoms with Crippen LogP contribution in [0.5, 0.6) is 0 Å². The van der Waals surface area contributed by atoms with Crippen molar-refractivity contribution >= 4 is 47.2 Å². The molecule has 1 heterocycles. The number of aliphatic imine (C=N–C) groups is 1. The minimum Gasteiger partial charge on any atom is -0.383 e. The van der Waals surface area contributed by atoms with Gasteiger partial charge in [-0.3, -0.25) is 0 Å². The maximum Gasteiger partial charge on any atom is 0.191 e. The lowest BCUT2D eigenvalue weighted by molar-refractivity contribution is 0.0671. The Balaban J connectivity index is 0.00000280. The van der Waals surface area contributed by atoms with Crippen molar-refractivity contribution in [3.05, 3.63) is 64.9 Å². The van der Waals surface area contributed by atoms with Gasteiger partial charge in [-0.25, -0.2) is 9.38 Å². The molecule has 1 unspecified atom stereocenters. The van der Waals surface area contributed by atoms with E-state index in [4.69, 9.17) is 17.3 Å². The first-order chi connectivity index (χ1) is 12.9. The third kappa shape index (κ3) is 5.48.